The van der Waals surface area contributed by atoms with Crippen LogP contribution in [0.1, 0.15) is 16.5 Å². The summed E-state index contributed by atoms with van der Waals surface area (Å²) in [6.07, 6.45) is 0. The van der Waals surface area contributed by atoms with Crippen molar-refractivity contribution in [1.29, 1.82) is 0 Å². The molecule has 0 aliphatic heterocycles. The van der Waals surface area contributed by atoms with Crippen LogP contribution >= 0.6 is 27.3 Å². The predicted molar refractivity (Wildman–Crippen MR) is 63.8 cm³/mol. The van der Waals surface area contributed by atoms with Crippen LogP contribution in [0, 0.1) is 6.92 Å². The van der Waals surface area contributed by atoms with E-state index < -0.39 is 0 Å². The fraction of sp³-hybridized carbons (Fsp3) is 0.300. The van der Waals surface area contributed by atoms with Gasteiger partial charge in [0, 0.05) is 17.6 Å². The number of nitrogens with zero attached hydrogens (tertiary/aromatic N) is 1. The van der Waals surface area contributed by atoms with Crippen LogP contribution in [0.15, 0.2) is 26.6 Å². The smallest absolute Gasteiger partial charge is 0.169 e. The van der Waals surface area contributed by atoms with Crippen molar-refractivity contribution in [2.75, 3.05) is 0 Å². The molecule has 0 fully saturated rings. The van der Waals surface area contributed by atoms with Crippen LogP contribution in [0.2, 0.25) is 0 Å². The highest BCUT2D eigenvalue weighted by atomic mass is 79.9. The average Bonchev–Trinajstić information content (AvgIpc) is 2.76. The van der Waals surface area contributed by atoms with E-state index in [0.29, 0.717) is 0 Å². The largest absolute Gasteiger partial charge is 0.453 e. The monoisotopic (exact) mass is 286 g/mol. The van der Waals surface area contributed by atoms with Gasteiger partial charge < -0.3 is 9.73 Å². The van der Waals surface area contributed by atoms with Gasteiger partial charge in [0.05, 0.1) is 6.54 Å². The van der Waals surface area contributed by atoms with Crippen molar-refractivity contribution >= 4 is 27.3 Å². The second kappa shape index (κ2) is 4.92. The first-order valence-electron chi connectivity index (χ1n) is 4.60. The maximum absolute atomic E-state index is 5.36. The van der Waals surface area contributed by atoms with E-state index in [0.717, 1.165) is 34.2 Å². The molecule has 15 heavy (non-hydrogen) atoms. The van der Waals surface area contributed by atoms with Crippen molar-refractivity contribution in [3.63, 3.8) is 0 Å². The van der Waals surface area contributed by atoms with Crippen LogP contribution in [0.25, 0.3) is 0 Å². The molecular weight excluding hydrogens is 276 g/mol. The number of hydrogen-bond donors (Lipinski definition) is 1. The molecule has 0 radical (unpaired) electrons. The van der Waals surface area contributed by atoms with E-state index in [1.165, 1.54) is 0 Å². The molecule has 2 heterocycles. The van der Waals surface area contributed by atoms with E-state index >= 15 is 0 Å². The molecule has 1 N–H and O–H groups in total. The summed E-state index contributed by atoms with van der Waals surface area (Å²) in [6, 6.07) is 3.84. The topological polar surface area (TPSA) is 38.1 Å². The quantitative estimate of drug-likeness (QED) is 0.939. The Morgan fingerprint density at radius 3 is 2.93 bits per heavy atom. The molecule has 0 saturated carbocycles. The van der Waals surface area contributed by atoms with Crippen molar-refractivity contribution in [3.8, 4) is 0 Å². The molecule has 3 nitrogen and oxygen atoms in total. The van der Waals surface area contributed by atoms with Gasteiger partial charge in [-0.25, -0.2) is 4.98 Å². The van der Waals surface area contributed by atoms with Gasteiger partial charge in [-0.1, -0.05) is 0 Å². The molecule has 0 aliphatic rings. The lowest BCUT2D eigenvalue weighted by atomic mass is 10.4. The first-order chi connectivity index (χ1) is 7.24. The Balaban J connectivity index is 1.80. The Bertz CT molecular complexity index is 398. The van der Waals surface area contributed by atoms with Gasteiger partial charge >= 0.3 is 0 Å². The number of aryl methyl sites for hydroxylation is 1. The van der Waals surface area contributed by atoms with Gasteiger partial charge in [0.1, 0.15) is 10.8 Å². The molecule has 2 aromatic heterocycles. The summed E-state index contributed by atoms with van der Waals surface area (Å²) in [5.74, 6) is 0.926. The first-order valence-corrected chi connectivity index (χ1v) is 6.27. The van der Waals surface area contributed by atoms with Crippen LogP contribution in [0.5, 0.6) is 0 Å². The molecule has 0 spiro atoms. The molecular formula is C10H11BrN2OS. The predicted octanol–water partition coefficient (Wildman–Crippen LogP) is 3.10. The number of thiazole rings is 1. The van der Waals surface area contributed by atoms with E-state index in [1.807, 2.05) is 19.1 Å². The molecule has 0 unspecified atom stereocenters. The maximum atomic E-state index is 5.36. The normalized spacial score (nSPS) is 10.8. The number of hydrogen-bond acceptors (Lipinski definition) is 4. The summed E-state index contributed by atoms with van der Waals surface area (Å²) >= 11 is 4.94. The van der Waals surface area contributed by atoms with Gasteiger partial charge in [-0.05, 0) is 35.0 Å². The fourth-order valence-electron chi connectivity index (χ4n) is 1.22. The minimum Gasteiger partial charge on any atom is -0.453 e. The van der Waals surface area contributed by atoms with E-state index in [4.69, 9.17) is 4.42 Å². The summed E-state index contributed by atoms with van der Waals surface area (Å²) in [4.78, 5) is 4.36. The molecule has 80 valence electrons. The molecule has 2 rings (SSSR count). The maximum Gasteiger partial charge on any atom is 0.169 e. The molecule has 2 aromatic rings. The standard InChI is InChI=1S/C10H11BrN2OS/c1-7-6-15-10(13-7)5-12-4-8-2-3-9(11)14-8/h2-3,6,12H,4-5H2,1H3. The van der Waals surface area contributed by atoms with Gasteiger partial charge in [-0.15, -0.1) is 11.3 Å². The fourth-order valence-corrected chi connectivity index (χ4v) is 2.30. The van der Waals surface area contributed by atoms with Gasteiger partial charge in [0.2, 0.25) is 0 Å². The molecule has 0 saturated heterocycles. The second-order valence-electron chi connectivity index (χ2n) is 3.19. The third-order valence-corrected chi connectivity index (χ3v) is 3.26. The summed E-state index contributed by atoms with van der Waals surface area (Å²) in [6.45, 7) is 3.52. The van der Waals surface area contributed by atoms with Crippen molar-refractivity contribution < 1.29 is 4.42 Å². The zero-order valence-electron chi connectivity index (χ0n) is 8.29. The van der Waals surface area contributed by atoms with Crippen LogP contribution in [0.3, 0.4) is 0 Å². The number of furan rings is 1. The zero-order valence-corrected chi connectivity index (χ0v) is 10.7. The summed E-state index contributed by atoms with van der Waals surface area (Å²) < 4.78 is 6.13. The highest BCUT2D eigenvalue weighted by molar-refractivity contribution is 9.10. The van der Waals surface area contributed by atoms with Gasteiger partial charge in [-0.2, -0.15) is 0 Å². The Hall–Kier alpha value is -0.650. The third kappa shape index (κ3) is 3.15. The van der Waals surface area contributed by atoms with E-state index in [-0.39, 0.29) is 0 Å². The average molecular weight is 287 g/mol. The minimum absolute atomic E-state index is 0.726. The van der Waals surface area contributed by atoms with E-state index in [2.05, 4.69) is 31.6 Å². The minimum atomic E-state index is 0.726. The Labute approximate surface area is 101 Å². The number of aromatic nitrogens is 1. The van der Waals surface area contributed by atoms with Gasteiger partial charge in [-0.3, -0.25) is 0 Å². The summed E-state index contributed by atoms with van der Waals surface area (Å²) in [5, 5.41) is 6.44. The van der Waals surface area contributed by atoms with Crippen molar-refractivity contribution in [2.24, 2.45) is 0 Å². The van der Waals surface area contributed by atoms with Gasteiger partial charge in [0.15, 0.2) is 4.67 Å². The molecule has 0 aliphatic carbocycles. The van der Waals surface area contributed by atoms with Crippen LogP contribution < -0.4 is 5.32 Å². The van der Waals surface area contributed by atoms with Crippen molar-refractivity contribution in [1.82, 2.24) is 10.3 Å². The SMILES string of the molecule is Cc1csc(CNCc2ccc(Br)o2)n1. The molecule has 0 aromatic carbocycles. The Morgan fingerprint density at radius 2 is 2.33 bits per heavy atom. The number of nitrogens with one attached hydrogen (secondary N) is 1. The molecule has 0 atom stereocenters. The lowest BCUT2D eigenvalue weighted by molar-refractivity contribution is 0.465. The zero-order chi connectivity index (χ0) is 10.7. The van der Waals surface area contributed by atoms with Crippen LogP contribution in [-0.4, -0.2) is 4.98 Å². The van der Waals surface area contributed by atoms with E-state index in [1.54, 1.807) is 11.3 Å². The highest BCUT2D eigenvalue weighted by Crippen LogP contribution is 2.14. The van der Waals surface area contributed by atoms with Crippen molar-refractivity contribution in [3.05, 3.63) is 38.6 Å². The molecule has 5 heteroatoms. The van der Waals surface area contributed by atoms with Crippen LogP contribution in [0.4, 0.5) is 0 Å². The van der Waals surface area contributed by atoms with Crippen molar-refractivity contribution in [2.45, 2.75) is 20.0 Å². The Kier molecular flexibility index (Phi) is 3.56. The number of rotatable bonds is 4. The molecule has 0 bridgehead atoms. The second-order valence-corrected chi connectivity index (χ2v) is 4.92. The third-order valence-electron chi connectivity index (χ3n) is 1.87. The lowest BCUT2D eigenvalue weighted by Crippen LogP contribution is -2.11. The summed E-state index contributed by atoms with van der Waals surface area (Å²) in [7, 11) is 0. The Morgan fingerprint density at radius 1 is 1.47 bits per heavy atom. The molecule has 0 amide bonds. The van der Waals surface area contributed by atoms with E-state index in [9.17, 15) is 0 Å². The lowest BCUT2D eigenvalue weighted by Gasteiger charge is -1.98. The summed E-state index contributed by atoms with van der Waals surface area (Å²) in [5.41, 5.74) is 1.08. The number of halogens is 1. The van der Waals surface area contributed by atoms with Crippen LogP contribution in [-0.2, 0) is 13.1 Å². The first kappa shape index (κ1) is 10.9. The van der Waals surface area contributed by atoms with Gasteiger partial charge in [0.25, 0.3) is 0 Å². The highest BCUT2D eigenvalue weighted by Gasteiger charge is 2.00.